The van der Waals surface area contributed by atoms with Crippen molar-refractivity contribution in [2.45, 2.75) is 6.42 Å². The Balaban J connectivity index is 1.34. The zero-order chi connectivity index (χ0) is 16.2. The molecule has 3 aromatic heterocycles. The second kappa shape index (κ2) is 6.67. The number of benzene rings is 1. The minimum atomic E-state index is 0.579. The fraction of sp³-hybridized carbons (Fsp3) is 0.118. The highest BCUT2D eigenvalue weighted by molar-refractivity contribution is 7.14. The van der Waals surface area contributed by atoms with Crippen LogP contribution in [0.3, 0.4) is 0 Å². The lowest BCUT2D eigenvalue weighted by molar-refractivity contribution is 0.577. The average Bonchev–Trinajstić information content (AvgIpc) is 3.37. The Morgan fingerprint density at radius 2 is 2.00 bits per heavy atom. The average molecular weight is 337 g/mol. The molecule has 0 aliphatic heterocycles. The Morgan fingerprint density at radius 3 is 2.83 bits per heavy atom. The number of nitrogens with zero attached hydrogens (tertiary/aromatic N) is 3. The maximum absolute atomic E-state index is 5.28. The lowest BCUT2D eigenvalue weighted by Crippen LogP contribution is -2.05. The van der Waals surface area contributed by atoms with E-state index in [4.69, 9.17) is 4.42 Å². The SMILES string of the molecule is c1ccc(-c2csc(NCCc3nc(-c4ccco4)n[nH]3)n2)cc1. The molecule has 0 aliphatic rings. The van der Waals surface area contributed by atoms with Crippen LogP contribution < -0.4 is 5.32 Å². The minimum absolute atomic E-state index is 0.579. The Hall–Kier alpha value is -2.93. The number of hydrogen-bond acceptors (Lipinski definition) is 6. The second-order valence-electron chi connectivity index (χ2n) is 5.16. The second-order valence-corrected chi connectivity index (χ2v) is 6.02. The monoisotopic (exact) mass is 337 g/mol. The Bertz CT molecular complexity index is 898. The third kappa shape index (κ3) is 3.21. The molecule has 4 aromatic rings. The quantitative estimate of drug-likeness (QED) is 0.559. The smallest absolute Gasteiger partial charge is 0.216 e. The molecule has 0 aliphatic carbocycles. The number of thiazole rings is 1. The third-order valence-corrected chi connectivity index (χ3v) is 4.29. The molecule has 3 heterocycles. The standard InChI is InChI=1S/C17H15N5OS/c1-2-5-12(6-3-1)13-11-24-17(19-13)18-9-8-15-20-16(22-21-15)14-7-4-10-23-14/h1-7,10-11H,8-9H2,(H,18,19)(H,20,21,22). The largest absolute Gasteiger partial charge is 0.461 e. The van der Waals surface area contributed by atoms with Gasteiger partial charge in [0.1, 0.15) is 5.82 Å². The van der Waals surface area contributed by atoms with Crippen LogP contribution in [-0.4, -0.2) is 26.7 Å². The summed E-state index contributed by atoms with van der Waals surface area (Å²) in [5.41, 5.74) is 2.11. The van der Waals surface area contributed by atoms with Crippen LogP contribution in [0.2, 0.25) is 0 Å². The van der Waals surface area contributed by atoms with Gasteiger partial charge in [0.25, 0.3) is 0 Å². The fourth-order valence-electron chi connectivity index (χ4n) is 2.31. The van der Waals surface area contributed by atoms with Crippen LogP contribution in [0.25, 0.3) is 22.8 Å². The normalized spacial score (nSPS) is 10.8. The van der Waals surface area contributed by atoms with Crippen LogP contribution in [-0.2, 0) is 6.42 Å². The van der Waals surface area contributed by atoms with Crippen molar-refractivity contribution >= 4 is 16.5 Å². The zero-order valence-corrected chi connectivity index (χ0v) is 13.6. The Morgan fingerprint density at radius 1 is 1.08 bits per heavy atom. The lowest BCUT2D eigenvalue weighted by atomic mass is 10.2. The van der Waals surface area contributed by atoms with Gasteiger partial charge >= 0.3 is 0 Å². The van der Waals surface area contributed by atoms with Crippen molar-refractivity contribution in [3.63, 3.8) is 0 Å². The summed E-state index contributed by atoms with van der Waals surface area (Å²) in [5.74, 6) is 2.06. The number of nitrogens with one attached hydrogen (secondary N) is 2. The number of hydrogen-bond donors (Lipinski definition) is 2. The summed E-state index contributed by atoms with van der Waals surface area (Å²) in [7, 11) is 0. The van der Waals surface area contributed by atoms with Crippen LogP contribution in [0.5, 0.6) is 0 Å². The summed E-state index contributed by atoms with van der Waals surface area (Å²) < 4.78 is 5.28. The maximum atomic E-state index is 5.28. The van der Waals surface area contributed by atoms with Crippen molar-refractivity contribution in [2.24, 2.45) is 0 Å². The van der Waals surface area contributed by atoms with Gasteiger partial charge < -0.3 is 9.73 Å². The number of aromatic nitrogens is 4. The van der Waals surface area contributed by atoms with Gasteiger partial charge in [-0.1, -0.05) is 30.3 Å². The van der Waals surface area contributed by atoms with Gasteiger partial charge in [0.05, 0.1) is 12.0 Å². The lowest BCUT2D eigenvalue weighted by Gasteiger charge is -2.00. The topological polar surface area (TPSA) is 79.6 Å². The summed E-state index contributed by atoms with van der Waals surface area (Å²) in [5, 5.41) is 13.4. The molecule has 1 aromatic carbocycles. The molecule has 120 valence electrons. The molecule has 24 heavy (non-hydrogen) atoms. The van der Waals surface area contributed by atoms with Gasteiger partial charge in [-0.2, -0.15) is 5.10 Å². The van der Waals surface area contributed by atoms with E-state index in [-0.39, 0.29) is 0 Å². The van der Waals surface area contributed by atoms with Crippen molar-refractivity contribution in [1.29, 1.82) is 0 Å². The zero-order valence-electron chi connectivity index (χ0n) is 12.8. The van der Waals surface area contributed by atoms with Gasteiger partial charge in [-0.3, -0.25) is 5.10 Å². The molecular formula is C17H15N5OS. The van der Waals surface area contributed by atoms with E-state index in [1.165, 1.54) is 0 Å². The van der Waals surface area contributed by atoms with E-state index in [0.29, 0.717) is 11.6 Å². The highest BCUT2D eigenvalue weighted by Gasteiger charge is 2.08. The first-order chi connectivity index (χ1) is 11.9. The van der Waals surface area contributed by atoms with Crippen molar-refractivity contribution in [2.75, 3.05) is 11.9 Å². The van der Waals surface area contributed by atoms with Crippen LogP contribution in [0.15, 0.2) is 58.5 Å². The summed E-state index contributed by atoms with van der Waals surface area (Å²) in [6.07, 6.45) is 2.34. The predicted octanol–water partition coefficient (Wildman–Crippen LogP) is 3.84. The number of H-pyrrole nitrogens is 1. The highest BCUT2D eigenvalue weighted by atomic mass is 32.1. The molecule has 0 radical (unpaired) electrons. The Labute approximate surface area is 142 Å². The molecule has 2 N–H and O–H groups in total. The molecule has 7 heteroatoms. The molecule has 0 fully saturated rings. The van der Waals surface area contributed by atoms with Gasteiger partial charge in [0.15, 0.2) is 10.9 Å². The van der Waals surface area contributed by atoms with Crippen molar-refractivity contribution in [3.8, 4) is 22.8 Å². The first-order valence-electron chi connectivity index (χ1n) is 7.58. The van der Waals surface area contributed by atoms with E-state index in [1.54, 1.807) is 17.6 Å². The van der Waals surface area contributed by atoms with Crippen LogP contribution in [0.4, 0.5) is 5.13 Å². The fourth-order valence-corrected chi connectivity index (χ4v) is 3.06. The van der Waals surface area contributed by atoms with Gasteiger partial charge in [0, 0.05) is 23.9 Å². The van der Waals surface area contributed by atoms with E-state index < -0.39 is 0 Å². The van der Waals surface area contributed by atoms with Gasteiger partial charge in [-0.25, -0.2) is 9.97 Å². The summed E-state index contributed by atoms with van der Waals surface area (Å²) in [6, 6.07) is 13.8. The minimum Gasteiger partial charge on any atom is -0.461 e. The maximum Gasteiger partial charge on any atom is 0.216 e. The van der Waals surface area contributed by atoms with E-state index in [1.807, 2.05) is 30.3 Å². The van der Waals surface area contributed by atoms with Crippen LogP contribution >= 0.6 is 11.3 Å². The van der Waals surface area contributed by atoms with Gasteiger partial charge in [-0.15, -0.1) is 11.3 Å². The van der Waals surface area contributed by atoms with Gasteiger partial charge in [-0.05, 0) is 12.1 Å². The predicted molar refractivity (Wildman–Crippen MR) is 93.8 cm³/mol. The van der Waals surface area contributed by atoms with Crippen molar-refractivity contribution in [1.82, 2.24) is 20.2 Å². The van der Waals surface area contributed by atoms with E-state index in [0.717, 1.165) is 35.2 Å². The third-order valence-electron chi connectivity index (χ3n) is 3.49. The Kier molecular flexibility index (Phi) is 4.07. The number of aromatic amines is 1. The van der Waals surface area contributed by atoms with E-state index >= 15 is 0 Å². The van der Waals surface area contributed by atoms with Crippen LogP contribution in [0, 0.1) is 0 Å². The first kappa shape index (κ1) is 14.6. The molecule has 0 spiro atoms. The molecule has 4 rings (SSSR count). The van der Waals surface area contributed by atoms with Crippen molar-refractivity contribution in [3.05, 3.63) is 59.9 Å². The van der Waals surface area contributed by atoms with Crippen molar-refractivity contribution < 1.29 is 4.42 Å². The highest BCUT2D eigenvalue weighted by Crippen LogP contribution is 2.24. The molecular weight excluding hydrogens is 322 g/mol. The molecule has 0 unspecified atom stereocenters. The number of furan rings is 1. The summed E-state index contributed by atoms with van der Waals surface area (Å²) in [4.78, 5) is 9.02. The summed E-state index contributed by atoms with van der Waals surface area (Å²) in [6.45, 7) is 0.731. The molecule has 0 bridgehead atoms. The number of anilines is 1. The molecule has 0 saturated carbocycles. The first-order valence-corrected chi connectivity index (χ1v) is 8.46. The van der Waals surface area contributed by atoms with E-state index in [2.05, 4.69) is 43.0 Å². The molecule has 6 nitrogen and oxygen atoms in total. The van der Waals surface area contributed by atoms with Gasteiger partial charge in [0.2, 0.25) is 5.82 Å². The molecule has 0 saturated heterocycles. The van der Waals surface area contributed by atoms with Crippen LogP contribution in [0.1, 0.15) is 5.82 Å². The number of rotatable bonds is 6. The summed E-state index contributed by atoms with van der Waals surface area (Å²) >= 11 is 1.60. The molecule has 0 atom stereocenters. The van der Waals surface area contributed by atoms with E-state index in [9.17, 15) is 0 Å². The molecule has 0 amide bonds.